The van der Waals surface area contributed by atoms with Crippen LogP contribution in [0, 0.1) is 5.92 Å². The van der Waals surface area contributed by atoms with Crippen LogP contribution in [0.2, 0.25) is 0 Å². The number of nitrogens with two attached hydrogens (primary N) is 1. The molecule has 0 saturated carbocycles. The predicted octanol–water partition coefficient (Wildman–Crippen LogP) is 2.71. The Labute approximate surface area is 106 Å². The van der Waals surface area contributed by atoms with E-state index >= 15 is 0 Å². The quantitative estimate of drug-likeness (QED) is 0.786. The summed E-state index contributed by atoms with van der Waals surface area (Å²) in [4.78, 5) is 2.40. The SMILES string of the molecule is CCC(C)CN(C)CC(CN)c1ccccc1. The molecule has 2 atom stereocenters. The van der Waals surface area contributed by atoms with Crippen LogP contribution < -0.4 is 5.73 Å². The van der Waals surface area contributed by atoms with Gasteiger partial charge in [-0.05, 0) is 18.5 Å². The van der Waals surface area contributed by atoms with Crippen molar-refractivity contribution < 1.29 is 0 Å². The number of nitrogens with zero attached hydrogens (tertiary/aromatic N) is 1. The predicted molar refractivity (Wildman–Crippen MR) is 75.2 cm³/mol. The van der Waals surface area contributed by atoms with E-state index in [0.29, 0.717) is 5.92 Å². The third kappa shape index (κ3) is 4.88. The highest BCUT2D eigenvalue weighted by atomic mass is 15.1. The summed E-state index contributed by atoms with van der Waals surface area (Å²) in [5.41, 5.74) is 7.24. The first-order valence-electron chi connectivity index (χ1n) is 6.60. The highest BCUT2D eigenvalue weighted by molar-refractivity contribution is 5.20. The molecule has 2 N–H and O–H groups in total. The van der Waals surface area contributed by atoms with Gasteiger partial charge in [-0.3, -0.25) is 0 Å². The highest BCUT2D eigenvalue weighted by Gasteiger charge is 2.13. The molecule has 2 heteroatoms. The minimum atomic E-state index is 0.449. The van der Waals surface area contributed by atoms with Crippen LogP contribution >= 0.6 is 0 Å². The number of rotatable bonds is 7. The summed E-state index contributed by atoms with van der Waals surface area (Å²) < 4.78 is 0. The van der Waals surface area contributed by atoms with Crippen molar-refractivity contribution in [2.24, 2.45) is 11.7 Å². The van der Waals surface area contributed by atoms with Crippen molar-refractivity contribution in [1.82, 2.24) is 4.90 Å². The second-order valence-corrected chi connectivity index (χ2v) is 5.08. The van der Waals surface area contributed by atoms with Crippen LogP contribution in [0.15, 0.2) is 30.3 Å². The van der Waals surface area contributed by atoms with Gasteiger partial charge in [-0.15, -0.1) is 0 Å². The van der Waals surface area contributed by atoms with Crippen LogP contribution in [-0.4, -0.2) is 31.6 Å². The molecule has 0 heterocycles. The molecule has 0 aliphatic heterocycles. The van der Waals surface area contributed by atoms with Gasteiger partial charge in [0, 0.05) is 25.6 Å². The van der Waals surface area contributed by atoms with Gasteiger partial charge in [0.25, 0.3) is 0 Å². The van der Waals surface area contributed by atoms with Gasteiger partial charge >= 0.3 is 0 Å². The fraction of sp³-hybridized carbons (Fsp3) is 0.600. The zero-order valence-corrected chi connectivity index (χ0v) is 11.4. The van der Waals surface area contributed by atoms with Crippen LogP contribution in [0.25, 0.3) is 0 Å². The van der Waals surface area contributed by atoms with Crippen molar-refractivity contribution in [3.05, 3.63) is 35.9 Å². The van der Waals surface area contributed by atoms with Crippen LogP contribution in [-0.2, 0) is 0 Å². The monoisotopic (exact) mass is 234 g/mol. The lowest BCUT2D eigenvalue weighted by atomic mass is 9.98. The van der Waals surface area contributed by atoms with E-state index in [4.69, 9.17) is 5.73 Å². The Kier molecular flexibility index (Phi) is 6.23. The Bertz CT molecular complexity index is 297. The van der Waals surface area contributed by atoms with Crippen LogP contribution in [0.1, 0.15) is 31.7 Å². The molecule has 0 aliphatic carbocycles. The first-order valence-corrected chi connectivity index (χ1v) is 6.60. The van der Waals surface area contributed by atoms with E-state index in [1.165, 1.54) is 12.0 Å². The normalized spacial score (nSPS) is 14.9. The average molecular weight is 234 g/mol. The van der Waals surface area contributed by atoms with Gasteiger partial charge in [-0.1, -0.05) is 50.6 Å². The summed E-state index contributed by atoms with van der Waals surface area (Å²) in [7, 11) is 2.19. The molecule has 17 heavy (non-hydrogen) atoms. The van der Waals surface area contributed by atoms with Gasteiger partial charge in [-0.2, -0.15) is 0 Å². The fourth-order valence-corrected chi connectivity index (χ4v) is 2.15. The smallest absolute Gasteiger partial charge is 0.00887 e. The number of likely N-dealkylation sites (N-methyl/N-ethyl adjacent to an activating group) is 1. The Morgan fingerprint density at radius 2 is 1.82 bits per heavy atom. The molecule has 1 rings (SSSR count). The molecule has 0 saturated heterocycles. The first kappa shape index (κ1) is 14.2. The number of benzene rings is 1. The minimum Gasteiger partial charge on any atom is -0.330 e. The van der Waals surface area contributed by atoms with Crippen molar-refractivity contribution in [2.75, 3.05) is 26.7 Å². The summed E-state index contributed by atoms with van der Waals surface area (Å²) in [6.45, 7) is 7.46. The summed E-state index contributed by atoms with van der Waals surface area (Å²) >= 11 is 0. The number of hydrogen-bond acceptors (Lipinski definition) is 2. The molecule has 0 aromatic heterocycles. The fourth-order valence-electron chi connectivity index (χ4n) is 2.15. The molecule has 0 fully saturated rings. The third-order valence-electron chi connectivity index (χ3n) is 3.41. The third-order valence-corrected chi connectivity index (χ3v) is 3.41. The number of hydrogen-bond donors (Lipinski definition) is 1. The maximum Gasteiger partial charge on any atom is 0.00887 e. The molecular formula is C15H26N2. The van der Waals surface area contributed by atoms with Crippen molar-refractivity contribution in [3.8, 4) is 0 Å². The van der Waals surface area contributed by atoms with Crippen LogP contribution in [0.3, 0.4) is 0 Å². The van der Waals surface area contributed by atoms with Crippen LogP contribution in [0.5, 0.6) is 0 Å². The molecule has 0 bridgehead atoms. The standard InChI is InChI=1S/C15H26N2/c1-4-13(2)11-17(3)12-15(10-16)14-8-6-5-7-9-14/h5-9,13,15H,4,10-12,16H2,1-3H3. The van der Waals surface area contributed by atoms with E-state index < -0.39 is 0 Å². The molecular weight excluding hydrogens is 208 g/mol. The zero-order valence-electron chi connectivity index (χ0n) is 11.4. The lowest BCUT2D eigenvalue weighted by Crippen LogP contribution is -2.31. The molecule has 96 valence electrons. The second kappa shape index (κ2) is 7.46. The zero-order chi connectivity index (χ0) is 12.7. The molecule has 2 unspecified atom stereocenters. The lowest BCUT2D eigenvalue weighted by molar-refractivity contribution is 0.267. The molecule has 1 aromatic carbocycles. The van der Waals surface area contributed by atoms with E-state index in [0.717, 1.165) is 25.6 Å². The van der Waals surface area contributed by atoms with Gasteiger partial charge < -0.3 is 10.6 Å². The Morgan fingerprint density at radius 3 is 2.35 bits per heavy atom. The van der Waals surface area contributed by atoms with Gasteiger partial charge in [0.2, 0.25) is 0 Å². The van der Waals surface area contributed by atoms with E-state index in [-0.39, 0.29) is 0 Å². The first-order chi connectivity index (χ1) is 8.17. The van der Waals surface area contributed by atoms with Crippen molar-refractivity contribution >= 4 is 0 Å². The maximum atomic E-state index is 5.89. The van der Waals surface area contributed by atoms with E-state index in [1.54, 1.807) is 0 Å². The molecule has 1 aromatic rings. The Hall–Kier alpha value is -0.860. The molecule has 2 nitrogen and oxygen atoms in total. The summed E-state index contributed by atoms with van der Waals surface area (Å²) in [5.74, 6) is 1.21. The molecule has 0 spiro atoms. The molecule has 0 amide bonds. The second-order valence-electron chi connectivity index (χ2n) is 5.08. The van der Waals surface area contributed by atoms with E-state index in [9.17, 15) is 0 Å². The summed E-state index contributed by atoms with van der Waals surface area (Å²) in [6, 6.07) is 10.6. The Morgan fingerprint density at radius 1 is 1.18 bits per heavy atom. The van der Waals surface area contributed by atoms with Crippen molar-refractivity contribution in [2.45, 2.75) is 26.2 Å². The largest absolute Gasteiger partial charge is 0.330 e. The Balaban J connectivity index is 2.52. The lowest BCUT2D eigenvalue weighted by Gasteiger charge is -2.25. The average Bonchev–Trinajstić information content (AvgIpc) is 2.36. The van der Waals surface area contributed by atoms with E-state index in [1.807, 2.05) is 0 Å². The summed E-state index contributed by atoms with van der Waals surface area (Å²) in [6.07, 6.45) is 1.24. The topological polar surface area (TPSA) is 29.3 Å². The molecule has 0 radical (unpaired) electrons. The maximum absolute atomic E-state index is 5.89. The van der Waals surface area contributed by atoms with Crippen molar-refractivity contribution in [3.63, 3.8) is 0 Å². The van der Waals surface area contributed by atoms with Crippen molar-refractivity contribution in [1.29, 1.82) is 0 Å². The van der Waals surface area contributed by atoms with Gasteiger partial charge in [0.1, 0.15) is 0 Å². The van der Waals surface area contributed by atoms with Gasteiger partial charge in [0.15, 0.2) is 0 Å². The van der Waals surface area contributed by atoms with Crippen LogP contribution in [0.4, 0.5) is 0 Å². The van der Waals surface area contributed by atoms with Gasteiger partial charge in [-0.25, -0.2) is 0 Å². The van der Waals surface area contributed by atoms with E-state index in [2.05, 4.69) is 56.1 Å². The highest BCUT2D eigenvalue weighted by Crippen LogP contribution is 2.16. The van der Waals surface area contributed by atoms with Gasteiger partial charge in [0.05, 0.1) is 0 Å². The summed E-state index contributed by atoms with van der Waals surface area (Å²) in [5, 5.41) is 0. The minimum absolute atomic E-state index is 0.449. The molecule has 0 aliphatic rings.